The highest BCUT2D eigenvalue weighted by molar-refractivity contribution is 5.85. The Labute approximate surface area is 119 Å². The largest absolute Gasteiger partial charge is 0.483 e. The molecule has 0 unspecified atom stereocenters. The molecule has 0 aliphatic rings. The van der Waals surface area contributed by atoms with Crippen LogP contribution in [0.4, 0.5) is 0 Å². The minimum absolute atomic E-state index is 0.0319. The summed E-state index contributed by atoms with van der Waals surface area (Å²) in [6.07, 6.45) is 0.842. The molecule has 1 aromatic rings. The van der Waals surface area contributed by atoms with E-state index in [-0.39, 0.29) is 31.0 Å². The average Bonchev–Trinajstić information content (AvgIpc) is 2.42. The lowest BCUT2D eigenvalue weighted by molar-refractivity contribution is -0.127. The van der Waals surface area contributed by atoms with Crippen LogP contribution in [-0.2, 0) is 16.0 Å². The van der Waals surface area contributed by atoms with Gasteiger partial charge in [-0.25, -0.2) is 0 Å². The number of rotatable bonds is 7. The quantitative estimate of drug-likeness (QED) is 0.789. The van der Waals surface area contributed by atoms with E-state index in [1.807, 2.05) is 45.0 Å². The van der Waals surface area contributed by atoms with Crippen molar-refractivity contribution in [3.8, 4) is 5.75 Å². The highest BCUT2D eigenvalue weighted by Crippen LogP contribution is 2.17. The normalized spacial score (nSPS) is 10.2. The van der Waals surface area contributed by atoms with Crippen molar-refractivity contribution in [1.29, 1.82) is 0 Å². The third-order valence-electron chi connectivity index (χ3n) is 2.61. The summed E-state index contributed by atoms with van der Waals surface area (Å²) in [7, 11) is 0. The SMILES string of the molecule is CCc1ccccc1OCC(=O)NCC(=O)NC(C)C. The first kappa shape index (κ1) is 16.0. The molecule has 0 aliphatic heterocycles. The standard InChI is InChI=1S/C15H22N2O3/c1-4-12-7-5-6-8-13(12)20-10-15(19)16-9-14(18)17-11(2)3/h5-8,11H,4,9-10H2,1-3H3,(H,16,19)(H,17,18). The summed E-state index contributed by atoms with van der Waals surface area (Å²) in [5.74, 6) is 0.189. The van der Waals surface area contributed by atoms with Crippen molar-refractivity contribution in [3.05, 3.63) is 29.8 Å². The van der Waals surface area contributed by atoms with Gasteiger partial charge in [0, 0.05) is 6.04 Å². The number of carbonyl (C=O) groups is 2. The molecule has 20 heavy (non-hydrogen) atoms. The van der Waals surface area contributed by atoms with Crippen LogP contribution < -0.4 is 15.4 Å². The van der Waals surface area contributed by atoms with Crippen LogP contribution in [0.3, 0.4) is 0 Å². The summed E-state index contributed by atoms with van der Waals surface area (Å²) in [4.78, 5) is 23.0. The minimum Gasteiger partial charge on any atom is -0.483 e. The lowest BCUT2D eigenvalue weighted by Crippen LogP contribution is -2.41. The number of amides is 2. The molecule has 0 radical (unpaired) electrons. The van der Waals surface area contributed by atoms with Gasteiger partial charge < -0.3 is 15.4 Å². The van der Waals surface area contributed by atoms with Crippen LogP contribution in [0.2, 0.25) is 0 Å². The predicted molar refractivity (Wildman–Crippen MR) is 77.6 cm³/mol. The molecule has 0 saturated heterocycles. The topological polar surface area (TPSA) is 67.4 Å². The number of ether oxygens (including phenoxy) is 1. The van der Waals surface area contributed by atoms with Gasteiger partial charge in [0.25, 0.3) is 5.91 Å². The van der Waals surface area contributed by atoms with E-state index in [4.69, 9.17) is 4.74 Å². The van der Waals surface area contributed by atoms with Crippen LogP contribution in [0.15, 0.2) is 24.3 Å². The molecule has 5 nitrogen and oxygen atoms in total. The average molecular weight is 278 g/mol. The van der Waals surface area contributed by atoms with E-state index >= 15 is 0 Å². The first-order valence-corrected chi connectivity index (χ1v) is 6.79. The fourth-order valence-corrected chi connectivity index (χ4v) is 1.68. The number of carbonyl (C=O) groups excluding carboxylic acids is 2. The first-order chi connectivity index (χ1) is 9.52. The lowest BCUT2D eigenvalue weighted by atomic mass is 10.1. The van der Waals surface area contributed by atoms with Gasteiger partial charge in [-0.05, 0) is 31.9 Å². The number of benzene rings is 1. The maximum Gasteiger partial charge on any atom is 0.258 e. The smallest absolute Gasteiger partial charge is 0.258 e. The minimum atomic E-state index is -0.310. The van der Waals surface area contributed by atoms with E-state index in [2.05, 4.69) is 10.6 Å². The molecular formula is C15H22N2O3. The van der Waals surface area contributed by atoms with E-state index in [1.165, 1.54) is 0 Å². The molecule has 0 fully saturated rings. The van der Waals surface area contributed by atoms with Crippen LogP contribution >= 0.6 is 0 Å². The number of para-hydroxylation sites is 1. The Morgan fingerprint density at radius 3 is 2.55 bits per heavy atom. The Balaban J connectivity index is 2.35. The Kier molecular flexibility index (Phi) is 6.56. The fraction of sp³-hybridized carbons (Fsp3) is 0.467. The first-order valence-electron chi connectivity index (χ1n) is 6.79. The summed E-state index contributed by atoms with van der Waals surface area (Å²) in [6, 6.07) is 7.65. The molecule has 0 heterocycles. The van der Waals surface area contributed by atoms with Gasteiger partial charge in [0.15, 0.2) is 6.61 Å². The Bertz CT molecular complexity index is 458. The Hall–Kier alpha value is -2.04. The molecule has 0 aromatic heterocycles. The molecule has 0 bridgehead atoms. The molecule has 1 aromatic carbocycles. The zero-order chi connectivity index (χ0) is 15.0. The Morgan fingerprint density at radius 2 is 1.90 bits per heavy atom. The molecule has 0 atom stereocenters. The summed E-state index contributed by atoms with van der Waals surface area (Å²) in [5, 5.41) is 5.22. The molecule has 0 saturated carbocycles. The van der Waals surface area contributed by atoms with E-state index in [0.29, 0.717) is 5.75 Å². The molecular weight excluding hydrogens is 256 g/mol. The zero-order valence-corrected chi connectivity index (χ0v) is 12.2. The lowest BCUT2D eigenvalue weighted by Gasteiger charge is -2.11. The fourth-order valence-electron chi connectivity index (χ4n) is 1.68. The van der Waals surface area contributed by atoms with Gasteiger partial charge in [-0.1, -0.05) is 25.1 Å². The second-order valence-electron chi connectivity index (χ2n) is 4.75. The number of nitrogens with one attached hydrogen (secondary N) is 2. The van der Waals surface area contributed by atoms with E-state index in [1.54, 1.807) is 0 Å². The van der Waals surface area contributed by atoms with Gasteiger partial charge in [0.1, 0.15) is 5.75 Å². The van der Waals surface area contributed by atoms with Crippen molar-refractivity contribution < 1.29 is 14.3 Å². The van der Waals surface area contributed by atoms with Gasteiger partial charge in [0.05, 0.1) is 6.54 Å². The highest BCUT2D eigenvalue weighted by Gasteiger charge is 2.08. The number of hydrogen-bond acceptors (Lipinski definition) is 3. The Morgan fingerprint density at radius 1 is 1.20 bits per heavy atom. The maximum absolute atomic E-state index is 11.6. The second-order valence-corrected chi connectivity index (χ2v) is 4.75. The summed E-state index contributed by atoms with van der Waals surface area (Å²) >= 11 is 0. The van der Waals surface area contributed by atoms with Crippen LogP contribution in [0, 0.1) is 0 Å². The van der Waals surface area contributed by atoms with Crippen LogP contribution in [-0.4, -0.2) is 31.0 Å². The summed E-state index contributed by atoms with van der Waals surface area (Å²) in [6.45, 7) is 5.63. The molecule has 0 aliphatic carbocycles. The number of aryl methyl sites for hydroxylation is 1. The molecule has 2 N–H and O–H groups in total. The number of hydrogen-bond donors (Lipinski definition) is 2. The van der Waals surface area contributed by atoms with Crippen molar-refractivity contribution >= 4 is 11.8 Å². The van der Waals surface area contributed by atoms with E-state index in [9.17, 15) is 9.59 Å². The maximum atomic E-state index is 11.6. The third kappa shape index (κ3) is 5.73. The molecule has 110 valence electrons. The van der Waals surface area contributed by atoms with E-state index < -0.39 is 0 Å². The van der Waals surface area contributed by atoms with Gasteiger partial charge in [-0.3, -0.25) is 9.59 Å². The summed E-state index contributed by atoms with van der Waals surface area (Å²) in [5.41, 5.74) is 1.05. The van der Waals surface area contributed by atoms with Crippen molar-refractivity contribution in [2.24, 2.45) is 0 Å². The van der Waals surface area contributed by atoms with Gasteiger partial charge >= 0.3 is 0 Å². The zero-order valence-electron chi connectivity index (χ0n) is 12.2. The van der Waals surface area contributed by atoms with Gasteiger partial charge in [0.2, 0.25) is 5.91 Å². The van der Waals surface area contributed by atoms with Crippen molar-refractivity contribution in [1.82, 2.24) is 10.6 Å². The van der Waals surface area contributed by atoms with Crippen molar-refractivity contribution in [2.75, 3.05) is 13.2 Å². The van der Waals surface area contributed by atoms with Crippen LogP contribution in [0.1, 0.15) is 26.3 Å². The third-order valence-corrected chi connectivity index (χ3v) is 2.61. The summed E-state index contributed by atoms with van der Waals surface area (Å²) < 4.78 is 5.46. The van der Waals surface area contributed by atoms with Gasteiger partial charge in [-0.15, -0.1) is 0 Å². The molecule has 2 amide bonds. The van der Waals surface area contributed by atoms with Crippen molar-refractivity contribution in [3.63, 3.8) is 0 Å². The molecule has 5 heteroatoms. The molecule has 1 rings (SSSR count). The predicted octanol–water partition coefficient (Wildman–Crippen LogP) is 1.27. The highest BCUT2D eigenvalue weighted by atomic mass is 16.5. The van der Waals surface area contributed by atoms with Crippen molar-refractivity contribution in [2.45, 2.75) is 33.2 Å². The van der Waals surface area contributed by atoms with Crippen LogP contribution in [0.25, 0.3) is 0 Å². The second kappa shape index (κ2) is 8.19. The monoisotopic (exact) mass is 278 g/mol. The van der Waals surface area contributed by atoms with E-state index in [0.717, 1.165) is 12.0 Å². The van der Waals surface area contributed by atoms with Crippen LogP contribution in [0.5, 0.6) is 5.75 Å². The van der Waals surface area contributed by atoms with Gasteiger partial charge in [-0.2, -0.15) is 0 Å². The molecule has 0 spiro atoms.